The van der Waals surface area contributed by atoms with Gasteiger partial charge >= 0.3 is 5.97 Å². The molecule has 1 aliphatic rings. The predicted octanol–water partition coefficient (Wildman–Crippen LogP) is 5.17. The summed E-state index contributed by atoms with van der Waals surface area (Å²) >= 11 is 12.0. The molecule has 0 saturated heterocycles. The van der Waals surface area contributed by atoms with E-state index in [2.05, 4.69) is 0 Å². The van der Waals surface area contributed by atoms with Crippen molar-refractivity contribution in [1.82, 2.24) is 0 Å². The van der Waals surface area contributed by atoms with Crippen LogP contribution in [-0.2, 0) is 4.79 Å². The van der Waals surface area contributed by atoms with Crippen molar-refractivity contribution in [1.29, 1.82) is 0 Å². The first-order chi connectivity index (χ1) is 11.8. The number of carbonyl (C=O) groups excluding carboxylic acids is 2. The number of allylic oxidation sites excluding steroid dienone is 1. The second kappa shape index (κ2) is 6.90. The summed E-state index contributed by atoms with van der Waals surface area (Å²) in [6, 6.07) is 9.63. The lowest BCUT2D eigenvalue weighted by atomic mass is 10.1. The molecule has 4 nitrogen and oxygen atoms in total. The van der Waals surface area contributed by atoms with Gasteiger partial charge in [-0.15, -0.1) is 0 Å². The number of halogens is 2. The van der Waals surface area contributed by atoms with Crippen LogP contribution >= 0.6 is 23.2 Å². The average molecular weight is 377 g/mol. The van der Waals surface area contributed by atoms with Crippen LogP contribution in [0, 0.1) is 5.92 Å². The van der Waals surface area contributed by atoms with Gasteiger partial charge in [0.15, 0.2) is 5.76 Å². The minimum absolute atomic E-state index is 0.145. The third-order valence-electron chi connectivity index (χ3n) is 3.58. The normalized spacial score (nSPS) is 14.6. The van der Waals surface area contributed by atoms with Gasteiger partial charge in [0.1, 0.15) is 11.5 Å². The number of esters is 1. The van der Waals surface area contributed by atoms with Gasteiger partial charge in [-0.2, -0.15) is 0 Å². The molecule has 2 aromatic rings. The van der Waals surface area contributed by atoms with E-state index in [9.17, 15) is 9.59 Å². The summed E-state index contributed by atoms with van der Waals surface area (Å²) < 4.78 is 10.9. The number of Topliss-reactive ketones (excluding diaryl/α,β-unsaturated/α-hetero) is 1. The van der Waals surface area contributed by atoms with Gasteiger partial charge in [0.25, 0.3) is 0 Å². The number of rotatable bonds is 3. The Labute approximate surface area is 155 Å². The fourth-order valence-corrected chi connectivity index (χ4v) is 2.69. The van der Waals surface area contributed by atoms with E-state index in [-0.39, 0.29) is 23.4 Å². The largest absolute Gasteiger partial charge is 0.452 e. The van der Waals surface area contributed by atoms with Crippen LogP contribution in [-0.4, -0.2) is 11.8 Å². The van der Waals surface area contributed by atoms with Crippen molar-refractivity contribution < 1.29 is 19.1 Å². The van der Waals surface area contributed by atoms with E-state index in [1.807, 2.05) is 0 Å². The van der Waals surface area contributed by atoms with Gasteiger partial charge < -0.3 is 9.47 Å². The van der Waals surface area contributed by atoms with E-state index in [4.69, 9.17) is 32.7 Å². The molecule has 0 fully saturated rings. The lowest BCUT2D eigenvalue weighted by molar-refractivity contribution is -0.137. The molecule has 128 valence electrons. The number of ether oxygens (including phenoxy) is 2. The van der Waals surface area contributed by atoms with E-state index in [1.54, 1.807) is 50.3 Å². The zero-order valence-electron chi connectivity index (χ0n) is 13.5. The Hall–Kier alpha value is -2.30. The Kier molecular flexibility index (Phi) is 4.84. The summed E-state index contributed by atoms with van der Waals surface area (Å²) in [7, 11) is 0. The highest BCUT2D eigenvalue weighted by atomic mass is 35.5. The van der Waals surface area contributed by atoms with Crippen LogP contribution in [0.15, 0.2) is 42.2 Å². The first-order valence-electron chi connectivity index (χ1n) is 7.60. The zero-order valence-corrected chi connectivity index (χ0v) is 15.0. The number of fused-ring (bicyclic) bond motifs is 1. The molecule has 0 unspecified atom stereocenters. The Bertz CT molecular complexity index is 900. The smallest absolute Gasteiger partial charge is 0.313 e. The topological polar surface area (TPSA) is 52.6 Å². The first-order valence-corrected chi connectivity index (χ1v) is 8.36. The van der Waals surface area contributed by atoms with Gasteiger partial charge in [-0.05, 0) is 35.9 Å². The molecule has 0 aliphatic carbocycles. The zero-order chi connectivity index (χ0) is 18.1. The molecule has 0 spiro atoms. The van der Waals surface area contributed by atoms with Crippen LogP contribution in [0.4, 0.5) is 0 Å². The Morgan fingerprint density at radius 3 is 2.60 bits per heavy atom. The van der Waals surface area contributed by atoms with E-state index in [0.29, 0.717) is 32.7 Å². The monoisotopic (exact) mass is 376 g/mol. The molecule has 0 amide bonds. The van der Waals surface area contributed by atoms with Crippen LogP contribution < -0.4 is 9.47 Å². The molecule has 2 aromatic carbocycles. The maximum atomic E-state index is 12.5. The Balaban J connectivity index is 1.88. The third-order valence-corrected chi connectivity index (χ3v) is 4.14. The average Bonchev–Trinajstić information content (AvgIpc) is 2.85. The SMILES string of the molecule is CC(C)C(=O)Oc1ccc2c(c1)O/C(=C\c1ccc(Cl)cc1Cl)C2=O. The van der Waals surface area contributed by atoms with Gasteiger partial charge in [-0.1, -0.05) is 43.1 Å². The molecule has 0 saturated carbocycles. The highest BCUT2D eigenvalue weighted by Crippen LogP contribution is 2.35. The summed E-state index contributed by atoms with van der Waals surface area (Å²) in [5.74, 6) is -0.0491. The molecule has 0 aromatic heterocycles. The number of hydrogen-bond donors (Lipinski definition) is 0. The standard InChI is InChI=1S/C19H14Cl2O4/c1-10(2)19(23)24-13-5-6-14-16(9-13)25-17(18(14)22)7-11-3-4-12(20)8-15(11)21/h3-10H,1-2H3/b17-7-. The van der Waals surface area contributed by atoms with Gasteiger partial charge in [-0.3, -0.25) is 9.59 Å². The summed E-state index contributed by atoms with van der Waals surface area (Å²) in [6.45, 7) is 3.48. The molecule has 0 N–H and O–H groups in total. The van der Waals surface area contributed by atoms with E-state index >= 15 is 0 Å². The molecular weight excluding hydrogens is 363 g/mol. The van der Waals surface area contributed by atoms with Crippen LogP contribution in [0.5, 0.6) is 11.5 Å². The van der Waals surface area contributed by atoms with Crippen molar-refractivity contribution in [3.63, 3.8) is 0 Å². The highest BCUT2D eigenvalue weighted by Gasteiger charge is 2.28. The summed E-state index contributed by atoms with van der Waals surface area (Å²) in [5.41, 5.74) is 1.02. The van der Waals surface area contributed by atoms with Crippen molar-refractivity contribution in [2.24, 2.45) is 5.92 Å². The third kappa shape index (κ3) is 3.70. The summed E-state index contributed by atoms with van der Waals surface area (Å²) in [5, 5.41) is 0.921. The fourth-order valence-electron chi connectivity index (χ4n) is 2.22. The number of carbonyl (C=O) groups is 2. The second-order valence-corrected chi connectivity index (χ2v) is 6.68. The molecular formula is C19H14Cl2O4. The molecule has 6 heteroatoms. The lowest BCUT2D eigenvalue weighted by Gasteiger charge is -2.07. The van der Waals surface area contributed by atoms with E-state index in [1.165, 1.54) is 6.07 Å². The van der Waals surface area contributed by atoms with Crippen LogP contribution in [0.2, 0.25) is 10.0 Å². The van der Waals surface area contributed by atoms with Crippen molar-refractivity contribution in [2.45, 2.75) is 13.8 Å². The molecule has 1 aliphatic heterocycles. The van der Waals surface area contributed by atoms with Crippen LogP contribution in [0.1, 0.15) is 29.8 Å². The fraction of sp³-hybridized carbons (Fsp3) is 0.158. The summed E-state index contributed by atoms with van der Waals surface area (Å²) in [6.07, 6.45) is 1.56. The van der Waals surface area contributed by atoms with Crippen molar-refractivity contribution in [3.05, 3.63) is 63.3 Å². The van der Waals surface area contributed by atoms with Crippen molar-refractivity contribution in [2.75, 3.05) is 0 Å². The minimum Gasteiger partial charge on any atom is -0.452 e. The molecule has 0 radical (unpaired) electrons. The molecule has 0 bridgehead atoms. The van der Waals surface area contributed by atoms with Gasteiger partial charge in [0.2, 0.25) is 5.78 Å². The predicted molar refractivity (Wildman–Crippen MR) is 96.3 cm³/mol. The first kappa shape index (κ1) is 17.5. The molecule has 25 heavy (non-hydrogen) atoms. The van der Waals surface area contributed by atoms with Crippen molar-refractivity contribution in [3.8, 4) is 11.5 Å². The van der Waals surface area contributed by atoms with Gasteiger partial charge in [0, 0.05) is 16.1 Å². The van der Waals surface area contributed by atoms with E-state index < -0.39 is 0 Å². The quantitative estimate of drug-likeness (QED) is 0.421. The van der Waals surface area contributed by atoms with Gasteiger partial charge in [0.05, 0.1) is 11.5 Å². The summed E-state index contributed by atoms with van der Waals surface area (Å²) in [4.78, 5) is 24.1. The maximum absolute atomic E-state index is 12.5. The Morgan fingerprint density at radius 2 is 1.92 bits per heavy atom. The molecule has 1 heterocycles. The minimum atomic E-state index is -0.354. The van der Waals surface area contributed by atoms with Gasteiger partial charge in [-0.25, -0.2) is 0 Å². The number of ketones is 1. The lowest BCUT2D eigenvalue weighted by Crippen LogP contribution is -2.14. The maximum Gasteiger partial charge on any atom is 0.313 e. The van der Waals surface area contributed by atoms with Crippen LogP contribution in [0.25, 0.3) is 6.08 Å². The van der Waals surface area contributed by atoms with Crippen LogP contribution in [0.3, 0.4) is 0 Å². The number of benzene rings is 2. The highest BCUT2D eigenvalue weighted by molar-refractivity contribution is 6.35. The van der Waals surface area contributed by atoms with E-state index in [0.717, 1.165) is 0 Å². The second-order valence-electron chi connectivity index (χ2n) is 5.84. The molecule has 3 rings (SSSR count). The number of hydrogen-bond acceptors (Lipinski definition) is 4. The Morgan fingerprint density at radius 1 is 1.16 bits per heavy atom. The van der Waals surface area contributed by atoms with Crippen molar-refractivity contribution >= 4 is 41.0 Å². The molecule has 0 atom stereocenters.